The fourth-order valence-electron chi connectivity index (χ4n) is 4.98. The van der Waals surface area contributed by atoms with Gasteiger partial charge in [-0.3, -0.25) is 14.4 Å². The van der Waals surface area contributed by atoms with Crippen molar-refractivity contribution < 1.29 is 9.18 Å². The molecule has 3 aliphatic heterocycles. The third-order valence-corrected chi connectivity index (χ3v) is 7.43. The average Bonchev–Trinajstić information content (AvgIpc) is 3.43. The van der Waals surface area contributed by atoms with Gasteiger partial charge >= 0.3 is 0 Å². The number of nitrogens with one attached hydrogen (secondary N) is 1. The standard InChI is InChI=1S/C23H25FN4OS/c1-27-21(12-20(26-27)15-4-6-17(24)7-5-15)19-14-28-9-8-16(19)11-18(28)13-25-23(29)22-3-2-10-30-22/h2-7,10,12,16,18-19H,8-9,11,13-14H2,1H3,(H,25,29)/t16-,18+,19+/m0/s1. The molecule has 2 bridgehead atoms. The molecular weight excluding hydrogens is 399 g/mol. The number of amides is 1. The molecular formula is C23H25FN4OS. The van der Waals surface area contributed by atoms with E-state index >= 15 is 0 Å². The molecule has 1 aromatic carbocycles. The lowest BCUT2D eigenvalue weighted by molar-refractivity contribution is 0.0280. The van der Waals surface area contributed by atoms with Crippen molar-refractivity contribution >= 4 is 17.2 Å². The largest absolute Gasteiger partial charge is 0.350 e. The molecule has 3 aliphatic rings. The molecule has 1 amide bonds. The van der Waals surface area contributed by atoms with Crippen LogP contribution in [0.15, 0.2) is 47.8 Å². The zero-order valence-electron chi connectivity index (χ0n) is 16.9. The van der Waals surface area contributed by atoms with Gasteiger partial charge in [0.15, 0.2) is 0 Å². The molecule has 6 rings (SSSR count). The number of aromatic nitrogens is 2. The van der Waals surface area contributed by atoms with Crippen LogP contribution in [0.1, 0.15) is 34.1 Å². The normalized spacial score (nSPS) is 25.4. The molecule has 5 nitrogen and oxygen atoms in total. The number of fused-ring (bicyclic) bond motifs is 3. The molecule has 1 unspecified atom stereocenters. The number of aryl methyl sites for hydroxylation is 1. The molecule has 0 radical (unpaired) electrons. The van der Waals surface area contributed by atoms with E-state index < -0.39 is 0 Å². The van der Waals surface area contributed by atoms with Crippen LogP contribution in [0.3, 0.4) is 0 Å². The maximum atomic E-state index is 13.3. The molecule has 4 atom stereocenters. The van der Waals surface area contributed by atoms with E-state index in [4.69, 9.17) is 5.10 Å². The van der Waals surface area contributed by atoms with Gasteiger partial charge in [0.25, 0.3) is 5.91 Å². The zero-order valence-corrected chi connectivity index (χ0v) is 17.7. The number of thiophene rings is 1. The van der Waals surface area contributed by atoms with Crippen molar-refractivity contribution in [1.29, 1.82) is 0 Å². The predicted octanol–water partition coefficient (Wildman–Crippen LogP) is 3.90. The van der Waals surface area contributed by atoms with Gasteiger partial charge < -0.3 is 5.32 Å². The van der Waals surface area contributed by atoms with Gasteiger partial charge in [-0.2, -0.15) is 5.10 Å². The van der Waals surface area contributed by atoms with Gasteiger partial charge in [-0.05, 0) is 67.1 Å². The van der Waals surface area contributed by atoms with E-state index in [0.717, 1.165) is 35.6 Å². The van der Waals surface area contributed by atoms with Crippen LogP contribution in [-0.4, -0.2) is 46.3 Å². The van der Waals surface area contributed by atoms with Crippen LogP contribution in [0.2, 0.25) is 0 Å². The second kappa shape index (κ2) is 7.96. The fourth-order valence-corrected chi connectivity index (χ4v) is 5.62. The number of halogens is 1. The quantitative estimate of drug-likeness (QED) is 0.676. The Morgan fingerprint density at radius 1 is 1.30 bits per heavy atom. The summed E-state index contributed by atoms with van der Waals surface area (Å²) in [7, 11) is 2.00. The van der Waals surface area contributed by atoms with Gasteiger partial charge in [0.2, 0.25) is 0 Å². The first kappa shape index (κ1) is 19.5. The van der Waals surface area contributed by atoms with Crippen molar-refractivity contribution in [1.82, 2.24) is 20.0 Å². The number of nitrogens with zero attached hydrogens (tertiary/aromatic N) is 3. The summed E-state index contributed by atoms with van der Waals surface area (Å²) in [6, 6.07) is 12.9. The van der Waals surface area contributed by atoms with Crippen molar-refractivity contribution in [2.75, 3.05) is 19.6 Å². The maximum absolute atomic E-state index is 13.3. The van der Waals surface area contributed by atoms with Crippen LogP contribution < -0.4 is 5.32 Å². The van der Waals surface area contributed by atoms with Crippen LogP contribution >= 0.6 is 11.3 Å². The SMILES string of the molecule is Cn1nc(-c2ccc(F)cc2)cc1[C@@H]1CN2CC[C@H]1C[C@@H]2CNC(=O)c1cccs1. The Labute approximate surface area is 179 Å². The Bertz CT molecular complexity index is 1030. The number of benzene rings is 1. The fraction of sp³-hybridized carbons (Fsp3) is 0.391. The molecule has 0 saturated carbocycles. The van der Waals surface area contributed by atoms with E-state index in [-0.39, 0.29) is 11.7 Å². The Kier molecular flexibility index (Phi) is 5.16. The van der Waals surface area contributed by atoms with Crippen LogP contribution in [0, 0.1) is 11.7 Å². The van der Waals surface area contributed by atoms with E-state index in [1.807, 2.05) is 29.2 Å². The highest BCUT2D eigenvalue weighted by Gasteiger charge is 2.41. The second-order valence-corrected chi connectivity index (χ2v) is 9.26. The Morgan fingerprint density at radius 2 is 2.13 bits per heavy atom. The first-order chi connectivity index (χ1) is 14.6. The maximum Gasteiger partial charge on any atom is 0.261 e. The minimum Gasteiger partial charge on any atom is -0.350 e. The van der Waals surface area contributed by atoms with E-state index in [1.54, 1.807) is 12.1 Å². The lowest BCUT2D eigenvalue weighted by atomic mass is 9.74. The number of rotatable bonds is 5. The molecule has 3 aromatic rings. The highest BCUT2D eigenvalue weighted by Crippen LogP contribution is 2.42. The summed E-state index contributed by atoms with van der Waals surface area (Å²) < 4.78 is 15.2. The summed E-state index contributed by atoms with van der Waals surface area (Å²) >= 11 is 1.48. The molecule has 0 aliphatic carbocycles. The second-order valence-electron chi connectivity index (χ2n) is 8.31. The van der Waals surface area contributed by atoms with Gasteiger partial charge in [-0.25, -0.2) is 4.39 Å². The lowest BCUT2D eigenvalue weighted by Crippen LogP contribution is -2.56. The van der Waals surface area contributed by atoms with Crippen molar-refractivity contribution in [3.8, 4) is 11.3 Å². The van der Waals surface area contributed by atoms with Crippen molar-refractivity contribution in [3.05, 3.63) is 64.2 Å². The van der Waals surface area contributed by atoms with E-state index in [9.17, 15) is 9.18 Å². The minimum absolute atomic E-state index is 0.0276. The monoisotopic (exact) mass is 424 g/mol. The first-order valence-corrected chi connectivity index (χ1v) is 11.3. The molecule has 5 heterocycles. The first-order valence-electron chi connectivity index (χ1n) is 10.4. The van der Waals surface area contributed by atoms with Crippen molar-refractivity contribution in [3.63, 3.8) is 0 Å². The van der Waals surface area contributed by atoms with Crippen LogP contribution in [0.25, 0.3) is 11.3 Å². The third kappa shape index (κ3) is 3.68. The third-order valence-electron chi connectivity index (χ3n) is 6.56. The highest BCUT2D eigenvalue weighted by molar-refractivity contribution is 7.12. The summed E-state index contributed by atoms with van der Waals surface area (Å²) in [5.41, 5.74) is 3.07. The molecule has 7 heteroatoms. The van der Waals surface area contributed by atoms with Gasteiger partial charge in [0.1, 0.15) is 5.82 Å². The predicted molar refractivity (Wildman–Crippen MR) is 116 cm³/mol. The van der Waals surface area contributed by atoms with Gasteiger partial charge in [-0.1, -0.05) is 6.07 Å². The molecule has 3 fully saturated rings. The molecule has 2 aromatic heterocycles. The van der Waals surface area contributed by atoms with Crippen molar-refractivity contribution in [2.24, 2.45) is 13.0 Å². The smallest absolute Gasteiger partial charge is 0.261 e. The number of carbonyl (C=O) groups is 1. The summed E-state index contributed by atoms with van der Waals surface area (Å²) in [5, 5.41) is 9.74. The number of hydrogen-bond donors (Lipinski definition) is 1. The summed E-state index contributed by atoms with van der Waals surface area (Å²) in [5.74, 6) is 0.828. The van der Waals surface area contributed by atoms with E-state index in [1.165, 1.54) is 35.6 Å². The van der Waals surface area contributed by atoms with E-state index in [2.05, 4.69) is 16.3 Å². The van der Waals surface area contributed by atoms with Crippen LogP contribution in [-0.2, 0) is 7.05 Å². The summed E-state index contributed by atoms with van der Waals surface area (Å²) in [6.45, 7) is 2.78. The van der Waals surface area contributed by atoms with E-state index in [0.29, 0.717) is 24.4 Å². The van der Waals surface area contributed by atoms with Crippen molar-refractivity contribution in [2.45, 2.75) is 24.8 Å². The number of carbonyl (C=O) groups excluding carboxylic acids is 1. The summed E-state index contributed by atoms with van der Waals surface area (Å²) in [6.07, 6.45) is 2.27. The molecule has 1 N–H and O–H groups in total. The Morgan fingerprint density at radius 3 is 2.83 bits per heavy atom. The summed E-state index contributed by atoms with van der Waals surface area (Å²) in [4.78, 5) is 15.6. The van der Waals surface area contributed by atoms with Gasteiger partial charge in [-0.15, -0.1) is 11.3 Å². The molecule has 30 heavy (non-hydrogen) atoms. The lowest BCUT2D eigenvalue weighted by Gasteiger charge is -2.49. The minimum atomic E-state index is -0.232. The number of piperidine rings is 3. The van der Waals surface area contributed by atoms with Crippen LogP contribution in [0.4, 0.5) is 4.39 Å². The molecule has 3 saturated heterocycles. The Hall–Kier alpha value is -2.51. The zero-order chi connectivity index (χ0) is 20.7. The highest BCUT2D eigenvalue weighted by atomic mass is 32.1. The molecule has 156 valence electrons. The Balaban J connectivity index is 1.27. The topological polar surface area (TPSA) is 50.2 Å². The number of hydrogen-bond acceptors (Lipinski definition) is 4. The van der Waals surface area contributed by atoms with Gasteiger partial charge in [0, 0.05) is 43.4 Å². The van der Waals surface area contributed by atoms with Crippen LogP contribution in [0.5, 0.6) is 0 Å². The van der Waals surface area contributed by atoms with Gasteiger partial charge in [0.05, 0.1) is 10.6 Å². The molecule has 0 spiro atoms. The average molecular weight is 425 g/mol.